The minimum absolute atomic E-state index is 0.407. The minimum Gasteiger partial charge on any atom is -0.479 e. The Bertz CT molecular complexity index is 435. The van der Waals surface area contributed by atoms with E-state index < -0.39 is 24.0 Å². The van der Waals surface area contributed by atoms with Crippen LogP contribution in [0.4, 0.5) is 0 Å². The topological polar surface area (TPSA) is 86.6 Å². The third kappa shape index (κ3) is 3.83. The van der Waals surface area contributed by atoms with Crippen LogP contribution >= 0.6 is 15.9 Å². The van der Waals surface area contributed by atoms with Gasteiger partial charge in [0.05, 0.1) is 6.04 Å². The highest BCUT2D eigenvalue weighted by molar-refractivity contribution is 9.10. The molecule has 0 spiro atoms. The van der Waals surface area contributed by atoms with Crippen molar-refractivity contribution in [2.24, 2.45) is 0 Å². The summed E-state index contributed by atoms with van der Waals surface area (Å²) in [7, 11) is 0. The molecule has 0 aliphatic rings. The van der Waals surface area contributed by atoms with Crippen LogP contribution in [-0.2, 0) is 9.59 Å². The van der Waals surface area contributed by atoms with E-state index in [1.54, 1.807) is 24.3 Å². The first-order valence-electron chi connectivity index (χ1n) is 4.85. The molecule has 6 heteroatoms. The molecule has 5 nitrogen and oxygen atoms in total. The van der Waals surface area contributed by atoms with Crippen molar-refractivity contribution in [3.05, 3.63) is 34.3 Å². The van der Waals surface area contributed by atoms with E-state index in [1.807, 2.05) is 0 Å². The number of carbonyl (C=O) groups excluding carboxylic acids is 1. The smallest absolute Gasteiger partial charge is 0.335 e. The number of rotatable bonds is 4. The number of carboxylic acid groups (broad SMARTS) is 1. The van der Waals surface area contributed by atoms with Crippen molar-refractivity contribution in [1.29, 1.82) is 0 Å². The van der Waals surface area contributed by atoms with Crippen LogP contribution in [0.25, 0.3) is 0 Å². The summed E-state index contributed by atoms with van der Waals surface area (Å²) in [4.78, 5) is 21.8. The third-order valence-electron chi connectivity index (χ3n) is 2.14. The number of halogens is 1. The molecule has 0 aliphatic carbocycles. The number of aliphatic hydroxyl groups excluding tert-OH is 1. The van der Waals surface area contributed by atoms with Gasteiger partial charge >= 0.3 is 5.97 Å². The molecular formula is C11H12BrNO4. The Kier molecular flexibility index (Phi) is 4.65. The van der Waals surface area contributed by atoms with Gasteiger partial charge in [0, 0.05) is 11.4 Å². The van der Waals surface area contributed by atoms with Gasteiger partial charge in [-0.1, -0.05) is 28.1 Å². The summed E-state index contributed by atoms with van der Waals surface area (Å²) in [5.41, 5.74) is 0.518. The Hall–Kier alpha value is -1.40. The normalized spacial score (nSPS) is 13.8. The number of hydrogen-bond donors (Lipinski definition) is 3. The van der Waals surface area contributed by atoms with Crippen molar-refractivity contribution in [3.8, 4) is 0 Å². The number of aliphatic carboxylic acids is 1. The average Bonchev–Trinajstić information content (AvgIpc) is 2.24. The van der Waals surface area contributed by atoms with Gasteiger partial charge in [-0.3, -0.25) is 4.79 Å². The van der Waals surface area contributed by atoms with Gasteiger partial charge < -0.3 is 15.5 Å². The van der Waals surface area contributed by atoms with E-state index in [0.717, 1.165) is 4.47 Å². The molecule has 0 saturated carbocycles. The Morgan fingerprint density at radius 3 is 2.53 bits per heavy atom. The van der Waals surface area contributed by atoms with Crippen molar-refractivity contribution in [1.82, 2.24) is 5.32 Å². The summed E-state index contributed by atoms with van der Waals surface area (Å²) >= 11 is 3.24. The van der Waals surface area contributed by atoms with E-state index >= 15 is 0 Å². The van der Waals surface area contributed by atoms with E-state index in [9.17, 15) is 14.7 Å². The first-order chi connectivity index (χ1) is 7.91. The van der Waals surface area contributed by atoms with Gasteiger partial charge in [0.2, 0.25) is 5.91 Å². The van der Waals surface area contributed by atoms with E-state index in [1.165, 1.54) is 6.92 Å². The quantitative estimate of drug-likeness (QED) is 0.776. The van der Waals surface area contributed by atoms with Crippen LogP contribution < -0.4 is 5.32 Å². The van der Waals surface area contributed by atoms with Crippen molar-refractivity contribution < 1.29 is 19.8 Å². The molecule has 0 heterocycles. The van der Waals surface area contributed by atoms with Crippen LogP contribution in [0.1, 0.15) is 18.5 Å². The second-order valence-electron chi connectivity index (χ2n) is 3.52. The van der Waals surface area contributed by atoms with E-state index in [0.29, 0.717) is 5.56 Å². The van der Waals surface area contributed by atoms with E-state index in [4.69, 9.17) is 5.11 Å². The fourth-order valence-electron chi connectivity index (χ4n) is 1.41. The molecule has 2 atom stereocenters. The van der Waals surface area contributed by atoms with Crippen LogP contribution in [0.3, 0.4) is 0 Å². The summed E-state index contributed by atoms with van der Waals surface area (Å²) in [5, 5.41) is 20.7. The number of carboxylic acids is 1. The molecule has 0 fully saturated rings. The van der Waals surface area contributed by atoms with Gasteiger partial charge in [0.25, 0.3) is 0 Å². The lowest BCUT2D eigenvalue weighted by atomic mass is 10.0. The zero-order chi connectivity index (χ0) is 13.0. The fourth-order valence-corrected chi connectivity index (χ4v) is 1.82. The van der Waals surface area contributed by atoms with Crippen molar-refractivity contribution in [3.63, 3.8) is 0 Å². The van der Waals surface area contributed by atoms with E-state index in [-0.39, 0.29) is 0 Å². The molecule has 0 bridgehead atoms. The maximum absolute atomic E-state index is 11.0. The summed E-state index contributed by atoms with van der Waals surface area (Å²) in [6, 6.07) is 5.77. The molecule has 17 heavy (non-hydrogen) atoms. The lowest BCUT2D eigenvalue weighted by molar-refractivity contribution is -0.148. The van der Waals surface area contributed by atoms with Crippen LogP contribution in [0.15, 0.2) is 28.7 Å². The second-order valence-corrected chi connectivity index (χ2v) is 4.43. The molecule has 0 radical (unpaired) electrons. The Balaban J connectivity index is 3.05. The molecule has 1 rings (SSSR count). The molecule has 3 N–H and O–H groups in total. The largest absolute Gasteiger partial charge is 0.479 e. The molecule has 1 aromatic carbocycles. The summed E-state index contributed by atoms with van der Waals surface area (Å²) in [6.45, 7) is 1.26. The SMILES string of the molecule is CC(=O)NC(c1cccc(Br)c1)C(O)C(=O)O. The number of aliphatic hydroxyl groups is 1. The van der Waals surface area contributed by atoms with E-state index in [2.05, 4.69) is 21.2 Å². The predicted molar refractivity (Wildman–Crippen MR) is 64.3 cm³/mol. The summed E-state index contributed by atoms with van der Waals surface area (Å²) < 4.78 is 0.739. The Labute approximate surface area is 107 Å². The lowest BCUT2D eigenvalue weighted by Gasteiger charge is -2.21. The van der Waals surface area contributed by atoms with Gasteiger partial charge in [-0.2, -0.15) is 0 Å². The lowest BCUT2D eigenvalue weighted by Crippen LogP contribution is -2.39. The zero-order valence-electron chi connectivity index (χ0n) is 9.05. The summed E-state index contributed by atoms with van der Waals surface area (Å²) in [6.07, 6.45) is -1.69. The second kappa shape index (κ2) is 5.79. The van der Waals surface area contributed by atoms with Crippen molar-refractivity contribution in [2.45, 2.75) is 19.1 Å². The van der Waals surface area contributed by atoms with Crippen molar-refractivity contribution >= 4 is 27.8 Å². The average molecular weight is 302 g/mol. The standard InChI is InChI=1S/C11H12BrNO4/c1-6(14)13-9(10(15)11(16)17)7-3-2-4-8(12)5-7/h2-5,9-10,15H,1H3,(H,13,14)(H,16,17). The van der Waals surface area contributed by atoms with Crippen LogP contribution in [0.2, 0.25) is 0 Å². The first-order valence-corrected chi connectivity index (χ1v) is 5.64. The third-order valence-corrected chi connectivity index (χ3v) is 2.63. The highest BCUT2D eigenvalue weighted by Gasteiger charge is 2.28. The zero-order valence-corrected chi connectivity index (χ0v) is 10.6. The van der Waals surface area contributed by atoms with Gasteiger partial charge in [0.15, 0.2) is 6.10 Å². The number of hydrogen-bond acceptors (Lipinski definition) is 3. The number of nitrogens with one attached hydrogen (secondary N) is 1. The molecular weight excluding hydrogens is 290 g/mol. The Morgan fingerprint density at radius 1 is 1.41 bits per heavy atom. The summed E-state index contributed by atoms with van der Waals surface area (Å²) in [5.74, 6) is -1.79. The van der Waals surface area contributed by atoms with Gasteiger partial charge in [0.1, 0.15) is 0 Å². The maximum atomic E-state index is 11.0. The number of benzene rings is 1. The predicted octanol–water partition coefficient (Wildman–Crippen LogP) is 1.07. The van der Waals surface area contributed by atoms with Crippen LogP contribution in [-0.4, -0.2) is 28.2 Å². The van der Waals surface area contributed by atoms with Gasteiger partial charge in [-0.05, 0) is 17.7 Å². The van der Waals surface area contributed by atoms with Gasteiger partial charge in [-0.25, -0.2) is 4.79 Å². The fraction of sp³-hybridized carbons (Fsp3) is 0.273. The highest BCUT2D eigenvalue weighted by Crippen LogP contribution is 2.21. The first kappa shape index (κ1) is 13.7. The van der Waals surface area contributed by atoms with Gasteiger partial charge in [-0.15, -0.1) is 0 Å². The highest BCUT2D eigenvalue weighted by atomic mass is 79.9. The Morgan fingerprint density at radius 2 is 2.06 bits per heavy atom. The van der Waals surface area contributed by atoms with Crippen molar-refractivity contribution in [2.75, 3.05) is 0 Å². The van der Waals surface area contributed by atoms with Crippen LogP contribution in [0.5, 0.6) is 0 Å². The minimum atomic E-state index is -1.69. The molecule has 1 aromatic rings. The molecule has 92 valence electrons. The molecule has 0 aliphatic heterocycles. The molecule has 2 unspecified atom stereocenters. The number of carbonyl (C=O) groups is 2. The molecule has 1 amide bonds. The monoisotopic (exact) mass is 301 g/mol. The molecule has 0 aromatic heterocycles. The van der Waals surface area contributed by atoms with Crippen LogP contribution in [0, 0.1) is 0 Å². The maximum Gasteiger partial charge on any atom is 0.335 e. The molecule has 0 saturated heterocycles. The number of amides is 1.